The Labute approximate surface area is 145 Å². The van der Waals surface area contributed by atoms with Crippen LogP contribution in [0.25, 0.3) is 0 Å². The van der Waals surface area contributed by atoms with Crippen LogP contribution in [0.15, 0.2) is 36.7 Å². The van der Waals surface area contributed by atoms with E-state index in [0.29, 0.717) is 10.8 Å². The summed E-state index contributed by atoms with van der Waals surface area (Å²) in [6.45, 7) is 2.01. The fraction of sp³-hybridized carbons (Fsp3) is 0.375. The van der Waals surface area contributed by atoms with Gasteiger partial charge in [-0.15, -0.1) is 5.10 Å². The summed E-state index contributed by atoms with van der Waals surface area (Å²) in [5.74, 6) is 1.25. The molecular weight excluding hydrogens is 328 g/mol. The molecule has 2 aromatic heterocycles. The first-order valence-corrected chi connectivity index (χ1v) is 8.26. The number of rotatable bonds is 5. The van der Waals surface area contributed by atoms with E-state index < -0.39 is 0 Å². The lowest BCUT2D eigenvalue weighted by atomic mass is 10.1. The Bertz CT molecular complexity index is 666. The highest BCUT2D eigenvalue weighted by Gasteiger charge is 2.21. The normalized spacial score (nSPS) is 17.5. The Kier molecular flexibility index (Phi) is 5.55. The van der Waals surface area contributed by atoms with Crippen LogP contribution in [0.1, 0.15) is 12.8 Å². The van der Waals surface area contributed by atoms with Crippen molar-refractivity contribution in [2.75, 3.05) is 29.9 Å². The topological polar surface area (TPSA) is 83.0 Å². The van der Waals surface area contributed by atoms with Gasteiger partial charge in [0.15, 0.2) is 5.82 Å². The van der Waals surface area contributed by atoms with Crippen molar-refractivity contribution >= 4 is 29.1 Å². The summed E-state index contributed by atoms with van der Waals surface area (Å²) in [5, 5.41) is 14.6. The van der Waals surface area contributed by atoms with Crippen molar-refractivity contribution in [3.05, 3.63) is 41.7 Å². The van der Waals surface area contributed by atoms with Gasteiger partial charge in [-0.3, -0.25) is 4.79 Å². The number of hydrogen-bond donors (Lipinski definition) is 2. The van der Waals surface area contributed by atoms with Gasteiger partial charge < -0.3 is 15.5 Å². The Hall–Kier alpha value is -2.25. The lowest BCUT2D eigenvalue weighted by molar-refractivity contribution is -0.115. The highest BCUT2D eigenvalue weighted by atomic mass is 35.5. The van der Waals surface area contributed by atoms with E-state index in [1.54, 1.807) is 18.3 Å². The van der Waals surface area contributed by atoms with Crippen molar-refractivity contribution in [1.82, 2.24) is 20.5 Å². The summed E-state index contributed by atoms with van der Waals surface area (Å²) in [6.07, 6.45) is 5.25. The second-order valence-electron chi connectivity index (χ2n) is 5.66. The zero-order chi connectivity index (χ0) is 16.8. The van der Waals surface area contributed by atoms with E-state index in [-0.39, 0.29) is 18.5 Å². The Morgan fingerprint density at radius 3 is 3.04 bits per heavy atom. The van der Waals surface area contributed by atoms with E-state index in [0.717, 1.165) is 31.7 Å². The van der Waals surface area contributed by atoms with E-state index in [4.69, 9.17) is 11.6 Å². The van der Waals surface area contributed by atoms with Crippen LogP contribution in [0.2, 0.25) is 5.02 Å². The highest BCUT2D eigenvalue weighted by molar-refractivity contribution is 6.30. The first-order chi connectivity index (χ1) is 11.7. The van der Waals surface area contributed by atoms with Gasteiger partial charge in [-0.25, -0.2) is 4.98 Å². The van der Waals surface area contributed by atoms with Gasteiger partial charge in [0.25, 0.3) is 0 Å². The molecule has 7 nitrogen and oxygen atoms in total. The molecule has 1 saturated heterocycles. The average Bonchev–Trinajstić information content (AvgIpc) is 2.63. The van der Waals surface area contributed by atoms with Crippen LogP contribution in [-0.4, -0.2) is 46.8 Å². The summed E-state index contributed by atoms with van der Waals surface area (Å²) in [7, 11) is 0. The largest absolute Gasteiger partial charge is 0.354 e. The van der Waals surface area contributed by atoms with Gasteiger partial charge in [-0.2, -0.15) is 5.10 Å². The maximum absolute atomic E-state index is 12.0. The summed E-state index contributed by atoms with van der Waals surface area (Å²) >= 11 is 5.77. The minimum absolute atomic E-state index is 0.124. The minimum atomic E-state index is -0.124. The van der Waals surface area contributed by atoms with Gasteiger partial charge in [0.05, 0.1) is 11.6 Å². The zero-order valence-corrected chi connectivity index (χ0v) is 13.9. The number of pyridine rings is 1. The summed E-state index contributed by atoms with van der Waals surface area (Å²) < 4.78 is 0. The van der Waals surface area contributed by atoms with Crippen molar-refractivity contribution in [2.24, 2.45) is 0 Å². The molecule has 3 rings (SSSR count). The van der Waals surface area contributed by atoms with Crippen LogP contribution < -0.4 is 15.5 Å². The fourth-order valence-corrected chi connectivity index (χ4v) is 2.80. The summed E-state index contributed by atoms with van der Waals surface area (Å²) in [4.78, 5) is 18.2. The number of carbonyl (C=O) groups is 1. The third-order valence-electron chi connectivity index (χ3n) is 3.85. The quantitative estimate of drug-likeness (QED) is 0.857. The molecule has 0 saturated carbocycles. The maximum atomic E-state index is 12.0. The van der Waals surface area contributed by atoms with E-state index >= 15 is 0 Å². The molecular formula is C16H19ClN6O. The molecule has 1 aliphatic heterocycles. The van der Waals surface area contributed by atoms with Crippen LogP contribution in [-0.2, 0) is 4.79 Å². The lowest BCUT2D eigenvalue weighted by Crippen LogP contribution is -2.48. The smallest absolute Gasteiger partial charge is 0.239 e. The predicted molar refractivity (Wildman–Crippen MR) is 93.1 cm³/mol. The number of hydrogen-bond acceptors (Lipinski definition) is 6. The van der Waals surface area contributed by atoms with Crippen molar-refractivity contribution in [3.8, 4) is 0 Å². The highest BCUT2D eigenvalue weighted by Crippen LogP contribution is 2.16. The molecule has 1 aliphatic rings. The summed E-state index contributed by atoms with van der Waals surface area (Å²) in [6, 6.07) is 7.44. The fourth-order valence-electron chi connectivity index (χ4n) is 2.69. The van der Waals surface area contributed by atoms with Gasteiger partial charge in [0, 0.05) is 31.5 Å². The van der Waals surface area contributed by atoms with Crippen molar-refractivity contribution < 1.29 is 4.79 Å². The summed E-state index contributed by atoms with van der Waals surface area (Å²) in [5.41, 5.74) is 0. The third kappa shape index (κ3) is 4.62. The molecule has 2 aromatic rings. The molecule has 3 heterocycles. The predicted octanol–water partition coefficient (Wildman–Crippen LogP) is 1.72. The van der Waals surface area contributed by atoms with Gasteiger partial charge in [-0.1, -0.05) is 11.6 Å². The van der Waals surface area contributed by atoms with Gasteiger partial charge in [0.1, 0.15) is 5.82 Å². The monoisotopic (exact) mass is 346 g/mol. The maximum Gasteiger partial charge on any atom is 0.239 e. The number of nitrogens with zero attached hydrogens (tertiary/aromatic N) is 4. The Morgan fingerprint density at radius 2 is 2.29 bits per heavy atom. The van der Waals surface area contributed by atoms with Crippen LogP contribution in [0.4, 0.5) is 11.6 Å². The molecule has 0 unspecified atom stereocenters. The van der Waals surface area contributed by atoms with Gasteiger partial charge >= 0.3 is 0 Å². The van der Waals surface area contributed by atoms with E-state index in [1.165, 1.54) is 6.20 Å². The molecule has 0 aliphatic carbocycles. The van der Waals surface area contributed by atoms with E-state index in [2.05, 4.69) is 30.7 Å². The number of amides is 1. The Balaban J connectivity index is 1.47. The average molecular weight is 347 g/mol. The number of halogens is 1. The molecule has 1 fully saturated rings. The number of nitrogens with one attached hydrogen (secondary N) is 2. The zero-order valence-electron chi connectivity index (χ0n) is 13.2. The van der Waals surface area contributed by atoms with Gasteiger partial charge in [0.2, 0.25) is 5.91 Å². The van der Waals surface area contributed by atoms with Crippen LogP contribution in [0.3, 0.4) is 0 Å². The molecule has 0 spiro atoms. The van der Waals surface area contributed by atoms with Crippen molar-refractivity contribution in [1.29, 1.82) is 0 Å². The number of anilines is 2. The van der Waals surface area contributed by atoms with Crippen LogP contribution >= 0.6 is 11.6 Å². The number of piperidine rings is 1. The first-order valence-electron chi connectivity index (χ1n) is 7.88. The molecule has 0 radical (unpaired) electrons. The van der Waals surface area contributed by atoms with Crippen molar-refractivity contribution in [2.45, 2.75) is 18.9 Å². The second kappa shape index (κ2) is 8.03. The van der Waals surface area contributed by atoms with Crippen LogP contribution in [0, 0.1) is 0 Å². The molecule has 1 atom stereocenters. The molecule has 1 amide bonds. The van der Waals surface area contributed by atoms with Crippen LogP contribution in [0.5, 0.6) is 0 Å². The molecule has 126 valence electrons. The molecule has 0 bridgehead atoms. The molecule has 0 aromatic carbocycles. The standard InChI is InChI=1S/C16H19ClN6O/c17-12-5-6-14(19-9-12)21-16(24)10-18-13-3-2-8-23(11-13)15-4-1-7-20-22-15/h1,4-7,9,13,18H,2-3,8,10-11H2,(H,19,21,24)/t13-/m0/s1. The number of aromatic nitrogens is 3. The molecule has 8 heteroatoms. The molecule has 24 heavy (non-hydrogen) atoms. The Morgan fingerprint density at radius 1 is 1.38 bits per heavy atom. The second-order valence-corrected chi connectivity index (χ2v) is 6.09. The third-order valence-corrected chi connectivity index (χ3v) is 4.07. The first kappa shape index (κ1) is 16.6. The van der Waals surface area contributed by atoms with E-state index in [1.807, 2.05) is 12.1 Å². The van der Waals surface area contributed by atoms with Gasteiger partial charge in [-0.05, 0) is 37.1 Å². The molecule has 2 N–H and O–H groups in total. The lowest BCUT2D eigenvalue weighted by Gasteiger charge is -2.33. The van der Waals surface area contributed by atoms with Crippen molar-refractivity contribution in [3.63, 3.8) is 0 Å². The minimum Gasteiger partial charge on any atom is -0.354 e. The SMILES string of the molecule is O=C(CN[C@H]1CCCN(c2cccnn2)C1)Nc1ccc(Cl)cn1. The number of carbonyl (C=O) groups excluding carboxylic acids is 1. The van der Waals surface area contributed by atoms with E-state index in [9.17, 15) is 4.79 Å².